The van der Waals surface area contributed by atoms with E-state index in [4.69, 9.17) is 0 Å². The highest BCUT2D eigenvalue weighted by Gasteiger charge is 2.12. The average molecular weight is 411 g/mol. The quantitative estimate of drug-likeness (QED) is 0.528. The maximum absolute atomic E-state index is 12.4. The largest absolute Gasteiger partial charge is 0.296 e. The van der Waals surface area contributed by atoms with Crippen molar-refractivity contribution in [3.8, 4) is 11.3 Å². The van der Waals surface area contributed by atoms with Gasteiger partial charge < -0.3 is 0 Å². The topological polar surface area (TPSA) is 67.8 Å². The van der Waals surface area contributed by atoms with Gasteiger partial charge in [-0.25, -0.2) is 9.97 Å². The van der Waals surface area contributed by atoms with E-state index in [-0.39, 0.29) is 11.6 Å². The highest BCUT2D eigenvalue weighted by molar-refractivity contribution is 9.10. The summed E-state index contributed by atoms with van der Waals surface area (Å²) in [7, 11) is 0. The van der Waals surface area contributed by atoms with Crippen LogP contribution in [0.1, 0.15) is 10.5 Å². The number of hydrogen-bond acceptors (Lipinski definition) is 5. The van der Waals surface area contributed by atoms with Gasteiger partial charge in [-0.05, 0) is 24.3 Å². The number of rotatable bonds is 3. The zero-order chi connectivity index (χ0) is 17.2. The number of para-hydroxylation sites is 2. The van der Waals surface area contributed by atoms with Crippen molar-refractivity contribution in [1.29, 1.82) is 0 Å². The van der Waals surface area contributed by atoms with Gasteiger partial charge in [-0.2, -0.15) is 0 Å². The number of amides is 1. The number of benzene rings is 2. The Balaban J connectivity index is 1.55. The second-order valence-electron chi connectivity index (χ2n) is 5.24. The number of carbonyl (C=O) groups excluding carboxylic acids is 1. The zero-order valence-electron chi connectivity index (χ0n) is 12.8. The number of halogens is 1. The van der Waals surface area contributed by atoms with Crippen LogP contribution in [0.5, 0.6) is 0 Å². The van der Waals surface area contributed by atoms with Crippen LogP contribution in [-0.4, -0.2) is 20.9 Å². The molecule has 0 spiro atoms. The number of nitrogens with one attached hydrogen (secondary N) is 1. The van der Waals surface area contributed by atoms with Crippen LogP contribution in [-0.2, 0) is 0 Å². The summed E-state index contributed by atoms with van der Waals surface area (Å²) in [5.41, 5.74) is 3.51. The highest BCUT2D eigenvalue weighted by atomic mass is 79.9. The third-order valence-electron chi connectivity index (χ3n) is 3.55. The van der Waals surface area contributed by atoms with Gasteiger partial charge in [0, 0.05) is 15.4 Å². The number of aromatic nitrogens is 3. The van der Waals surface area contributed by atoms with Crippen LogP contribution in [0.15, 0.2) is 64.6 Å². The van der Waals surface area contributed by atoms with Gasteiger partial charge in [0.1, 0.15) is 5.69 Å². The zero-order valence-corrected chi connectivity index (χ0v) is 15.2. The maximum atomic E-state index is 12.4. The molecule has 4 aromatic rings. The summed E-state index contributed by atoms with van der Waals surface area (Å²) in [6, 6.07) is 15.3. The minimum atomic E-state index is -0.324. The predicted octanol–water partition coefficient (Wildman–Crippen LogP) is 4.77. The van der Waals surface area contributed by atoms with Crippen molar-refractivity contribution < 1.29 is 4.79 Å². The molecule has 2 heterocycles. The molecular weight excluding hydrogens is 400 g/mol. The molecule has 1 N–H and O–H groups in total. The molecule has 1 amide bonds. The van der Waals surface area contributed by atoms with Crippen molar-refractivity contribution in [2.75, 3.05) is 5.32 Å². The lowest BCUT2D eigenvalue weighted by molar-refractivity contribution is 0.102. The summed E-state index contributed by atoms with van der Waals surface area (Å²) in [4.78, 5) is 25.5. The number of carbonyl (C=O) groups is 1. The van der Waals surface area contributed by atoms with Gasteiger partial charge in [-0.1, -0.05) is 40.2 Å². The van der Waals surface area contributed by atoms with Crippen LogP contribution in [0, 0.1) is 0 Å². The molecule has 0 aliphatic heterocycles. The molecule has 0 aliphatic rings. The van der Waals surface area contributed by atoms with Gasteiger partial charge in [-0.3, -0.25) is 15.1 Å². The molecule has 5 nitrogen and oxygen atoms in total. The SMILES string of the molecule is O=C(Nc1nc(-c2ccc(Br)cc2)cs1)c1cnc2ccccc2n1. The van der Waals surface area contributed by atoms with E-state index in [9.17, 15) is 4.79 Å². The lowest BCUT2D eigenvalue weighted by atomic mass is 10.2. The summed E-state index contributed by atoms with van der Waals surface area (Å²) in [6.45, 7) is 0. The van der Waals surface area contributed by atoms with E-state index < -0.39 is 0 Å². The van der Waals surface area contributed by atoms with E-state index in [1.807, 2.05) is 53.9 Å². The first-order valence-corrected chi connectivity index (χ1v) is 9.11. The van der Waals surface area contributed by atoms with E-state index in [0.717, 1.165) is 21.2 Å². The number of anilines is 1. The van der Waals surface area contributed by atoms with Crippen LogP contribution >= 0.6 is 27.3 Å². The molecule has 7 heteroatoms. The first kappa shape index (κ1) is 15.9. The molecule has 2 aromatic heterocycles. The molecule has 122 valence electrons. The summed E-state index contributed by atoms with van der Waals surface area (Å²) in [5, 5.41) is 5.21. The molecule has 0 saturated carbocycles. The molecule has 4 rings (SSSR count). The van der Waals surface area contributed by atoms with E-state index in [0.29, 0.717) is 10.6 Å². The van der Waals surface area contributed by atoms with Gasteiger partial charge in [-0.15, -0.1) is 11.3 Å². The minimum absolute atomic E-state index is 0.263. The van der Waals surface area contributed by atoms with Crippen molar-refractivity contribution in [2.24, 2.45) is 0 Å². The number of fused-ring (bicyclic) bond motifs is 1. The lowest BCUT2D eigenvalue weighted by Gasteiger charge is -2.02. The minimum Gasteiger partial charge on any atom is -0.296 e. The molecule has 0 fully saturated rings. The fourth-order valence-corrected chi connectivity index (χ4v) is 3.29. The second-order valence-corrected chi connectivity index (χ2v) is 7.02. The molecule has 2 aromatic carbocycles. The van der Waals surface area contributed by atoms with Gasteiger partial charge >= 0.3 is 0 Å². The van der Waals surface area contributed by atoms with Crippen molar-refractivity contribution in [2.45, 2.75) is 0 Å². The first-order valence-electron chi connectivity index (χ1n) is 7.44. The first-order chi connectivity index (χ1) is 12.2. The Morgan fingerprint density at radius 1 is 1.00 bits per heavy atom. The van der Waals surface area contributed by atoms with Crippen LogP contribution in [0.2, 0.25) is 0 Å². The highest BCUT2D eigenvalue weighted by Crippen LogP contribution is 2.26. The Morgan fingerprint density at radius 3 is 2.56 bits per heavy atom. The summed E-state index contributed by atoms with van der Waals surface area (Å²) >= 11 is 4.78. The fourth-order valence-electron chi connectivity index (χ4n) is 2.31. The van der Waals surface area contributed by atoms with E-state index >= 15 is 0 Å². The average Bonchev–Trinajstić information content (AvgIpc) is 3.10. The Labute approximate surface area is 155 Å². The smallest absolute Gasteiger partial charge is 0.277 e. The third kappa shape index (κ3) is 3.42. The monoisotopic (exact) mass is 410 g/mol. The molecule has 0 bridgehead atoms. The fraction of sp³-hybridized carbons (Fsp3) is 0. The van der Waals surface area contributed by atoms with Crippen LogP contribution < -0.4 is 5.32 Å². The van der Waals surface area contributed by atoms with Gasteiger partial charge in [0.05, 0.1) is 22.9 Å². The van der Waals surface area contributed by atoms with E-state index in [1.165, 1.54) is 17.5 Å². The molecular formula is C18H11BrN4OS. The van der Waals surface area contributed by atoms with Crippen LogP contribution in [0.25, 0.3) is 22.3 Å². The van der Waals surface area contributed by atoms with Crippen molar-refractivity contribution in [3.05, 3.63) is 70.3 Å². The number of thiazole rings is 1. The maximum Gasteiger partial charge on any atom is 0.277 e. The van der Waals surface area contributed by atoms with Crippen LogP contribution in [0.3, 0.4) is 0 Å². The summed E-state index contributed by atoms with van der Waals surface area (Å²) in [5.74, 6) is -0.324. The third-order valence-corrected chi connectivity index (χ3v) is 4.83. The van der Waals surface area contributed by atoms with Crippen LogP contribution in [0.4, 0.5) is 5.13 Å². The number of nitrogens with zero attached hydrogens (tertiary/aromatic N) is 3. The Morgan fingerprint density at radius 2 is 1.76 bits per heavy atom. The molecule has 0 unspecified atom stereocenters. The second kappa shape index (κ2) is 6.70. The van der Waals surface area contributed by atoms with Crippen molar-refractivity contribution in [1.82, 2.24) is 15.0 Å². The summed E-state index contributed by atoms with van der Waals surface area (Å²) < 4.78 is 1.01. The Hall–Kier alpha value is -2.64. The van der Waals surface area contributed by atoms with E-state index in [2.05, 4.69) is 36.2 Å². The Kier molecular flexibility index (Phi) is 4.25. The van der Waals surface area contributed by atoms with Crippen molar-refractivity contribution in [3.63, 3.8) is 0 Å². The summed E-state index contributed by atoms with van der Waals surface area (Å²) in [6.07, 6.45) is 1.47. The van der Waals surface area contributed by atoms with Gasteiger partial charge in [0.15, 0.2) is 5.13 Å². The lowest BCUT2D eigenvalue weighted by Crippen LogP contribution is -2.14. The van der Waals surface area contributed by atoms with Crippen molar-refractivity contribution >= 4 is 49.3 Å². The van der Waals surface area contributed by atoms with Gasteiger partial charge in [0.25, 0.3) is 5.91 Å². The normalized spacial score (nSPS) is 10.8. The van der Waals surface area contributed by atoms with Gasteiger partial charge in [0.2, 0.25) is 0 Å². The standard InChI is InChI=1S/C18H11BrN4OS/c19-12-7-5-11(6-8-12)16-10-25-18(22-16)23-17(24)15-9-20-13-3-1-2-4-14(13)21-15/h1-10H,(H,22,23,24). The molecule has 0 radical (unpaired) electrons. The molecule has 0 aliphatic carbocycles. The van der Waals surface area contributed by atoms with E-state index in [1.54, 1.807) is 0 Å². The molecule has 25 heavy (non-hydrogen) atoms. The molecule has 0 atom stereocenters. The Bertz CT molecular complexity index is 1060. The predicted molar refractivity (Wildman–Crippen MR) is 103 cm³/mol. The molecule has 0 saturated heterocycles. The number of hydrogen-bond donors (Lipinski definition) is 1.